The van der Waals surface area contributed by atoms with Crippen LogP contribution in [0.2, 0.25) is 0 Å². The molecule has 0 saturated heterocycles. The summed E-state index contributed by atoms with van der Waals surface area (Å²) in [7, 11) is 1.50. The molecular weight excluding hydrogens is 330 g/mol. The van der Waals surface area contributed by atoms with E-state index in [2.05, 4.69) is 5.32 Å². The number of nitrogens with one attached hydrogen (secondary N) is 1. The molecule has 7 heteroatoms. The molecule has 1 aliphatic carbocycles. The molecule has 0 spiro atoms. The summed E-state index contributed by atoms with van der Waals surface area (Å²) in [4.78, 5) is 24.4. The van der Waals surface area contributed by atoms with Crippen LogP contribution in [-0.2, 0) is 10.2 Å². The SMILES string of the molecule is CC(CN(C)C(=O)NCC1(c2c(F)cccc2F)CCCC1)C(=O)O. The van der Waals surface area contributed by atoms with Crippen molar-refractivity contribution in [3.63, 3.8) is 0 Å². The molecule has 0 aliphatic heterocycles. The number of urea groups is 1. The van der Waals surface area contributed by atoms with E-state index in [9.17, 15) is 18.4 Å². The third-order valence-electron chi connectivity index (χ3n) is 4.95. The van der Waals surface area contributed by atoms with Crippen LogP contribution < -0.4 is 5.32 Å². The molecule has 2 amide bonds. The standard InChI is InChI=1S/C18H24F2N2O3/c1-12(16(23)24)10-22(2)17(25)21-11-18(8-3-4-9-18)15-13(19)6-5-7-14(15)20/h5-7,12H,3-4,8-11H2,1-2H3,(H,21,25)(H,23,24). The summed E-state index contributed by atoms with van der Waals surface area (Å²) < 4.78 is 28.5. The minimum Gasteiger partial charge on any atom is -0.481 e. The summed E-state index contributed by atoms with van der Waals surface area (Å²) in [5, 5.41) is 11.6. The fourth-order valence-electron chi connectivity index (χ4n) is 3.52. The highest BCUT2D eigenvalue weighted by molar-refractivity contribution is 5.75. The van der Waals surface area contributed by atoms with Crippen LogP contribution in [0.5, 0.6) is 0 Å². The topological polar surface area (TPSA) is 69.6 Å². The number of amides is 2. The summed E-state index contributed by atoms with van der Waals surface area (Å²) >= 11 is 0. The summed E-state index contributed by atoms with van der Waals surface area (Å²) in [5.41, 5.74) is -0.723. The van der Waals surface area contributed by atoms with Crippen LogP contribution in [0.15, 0.2) is 18.2 Å². The second-order valence-corrected chi connectivity index (χ2v) is 6.86. The summed E-state index contributed by atoms with van der Waals surface area (Å²) in [6.45, 7) is 1.69. The molecule has 5 nitrogen and oxygen atoms in total. The van der Waals surface area contributed by atoms with Gasteiger partial charge in [-0.1, -0.05) is 25.8 Å². The number of carbonyl (C=O) groups excluding carboxylic acids is 1. The first-order valence-corrected chi connectivity index (χ1v) is 8.43. The van der Waals surface area contributed by atoms with E-state index in [1.54, 1.807) is 0 Å². The molecule has 0 heterocycles. The molecule has 1 saturated carbocycles. The van der Waals surface area contributed by atoms with Gasteiger partial charge in [0.15, 0.2) is 0 Å². The van der Waals surface area contributed by atoms with Gasteiger partial charge in [0.2, 0.25) is 0 Å². The Morgan fingerprint density at radius 3 is 2.36 bits per heavy atom. The third-order valence-corrected chi connectivity index (χ3v) is 4.95. The van der Waals surface area contributed by atoms with Crippen molar-refractivity contribution in [1.82, 2.24) is 10.2 Å². The summed E-state index contributed by atoms with van der Waals surface area (Å²) in [5.74, 6) is -2.87. The number of benzene rings is 1. The van der Waals surface area contributed by atoms with Gasteiger partial charge in [-0.15, -0.1) is 0 Å². The Kier molecular flexibility index (Phi) is 5.98. The number of carboxylic acid groups (broad SMARTS) is 1. The van der Waals surface area contributed by atoms with Crippen molar-refractivity contribution in [3.8, 4) is 0 Å². The van der Waals surface area contributed by atoms with E-state index < -0.39 is 35.0 Å². The zero-order valence-electron chi connectivity index (χ0n) is 14.5. The van der Waals surface area contributed by atoms with Gasteiger partial charge in [0.05, 0.1) is 5.92 Å². The fourth-order valence-corrected chi connectivity index (χ4v) is 3.52. The van der Waals surface area contributed by atoms with E-state index in [1.165, 1.54) is 37.1 Å². The normalized spacial score (nSPS) is 17.1. The predicted octanol–water partition coefficient (Wildman–Crippen LogP) is 3.14. The van der Waals surface area contributed by atoms with Gasteiger partial charge in [0, 0.05) is 31.1 Å². The molecular formula is C18H24F2N2O3. The maximum atomic E-state index is 14.3. The van der Waals surface area contributed by atoms with Gasteiger partial charge in [0.1, 0.15) is 11.6 Å². The van der Waals surface area contributed by atoms with Crippen molar-refractivity contribution < 1.29 is 23.5 Å². The van der Waals surface area contributed by atoms with Crippen LogP contribution in [-0.4, -0.2) is 42.1 Å². The Morgan fingerprint density at radius 1 is 1.28 bits per heavy atom. The molecule has 1 aromatic carbocycles. The van der Waals surface area contributed by atoms with E-state index in [0.29, 0.717) is 12.8 Å². The van der Waals surface area contributed by atoms with Gasteiger partial charge in [-0.05, 0) is 25.0 Å². The van der Waals surface area contributed by atoms with Gasteiger partial charge < -0.3 is 15.3 Å². The number of carbonyl (C=O) groups is 2. The van der Waals surface area contributed by atoms with Crippen molar-refractivity contribution in [2.24, 2.45) is 5.92 Å². The highest BCUT2D eigenvalue weighted by Crippen LogP contribution is 2.42. The molecule has 2 rings (SSSR count). The van der Waals surface area contributed by atoms with Crippen molar-refractivity contribution in [1.29, 1.82) is 0 Å². The zero-order chi connectivity index (χ0) is 18.6. The number of halogens is 2. The molecule has 1 unspecified atom stereocenters. The molecule has 0 radical (unpaired) electrons. The van der Waals surface area contributed by atoms with Crippen LogP contribution >= 0.6 is 0 Å². The second-order valence-electron chi connectivity index (χ2n) is 6.86. The quantitative estimate of drug-likeness (QED) is 0.825. The Labute approximate surface area is 146 Å². The smallest absolute Gasteiger partial charge is 0.317 e. The average molecular weight is 354 g/mol. The van der Waals surface area contributed by atoms with Crippen LogP contribution in [0.1, 0.15) is 38.2 Å². The monoisotopic (exact) mass is 354 g/mol. The van der Waals surface area contributed by atoms with Gasteiger partial charge in [-0.3, -0.25) is 4.79 Å². The number of aliphatic carboxylic acids is 1. The van der Waals surface area contributed by atoms with Crippen LogP contribution in [0.25, 0.3) is 0 Å². The zero-order valence-corrected chi connectivity index (χ0v) is 14.5. The highest BCUT2D eigenvalue weighted by Gasteiger charge is 2.40. The number of hydrogen-bond acceptors (Lipinski definition) is 2. The molecule has 138 valence electrons. The van der Waals surface area contributed by atoms with Crippen molar-refractivity contribution in [2.45, 2.75) is 38.0 Å². The first-order valence-electron chi connectivity index (χ1n) is 8.43. The summed E-state index contributed by atoms with van der Waals surface area (Å²) in [6, 6.07) is 3.36. The van der Waals surface area contributed by atoms with Crippen LogP contribution in [0, 0.1) is 17.6 Å². The molecule has 2 N–H and O–H groups in total. The molecule has 1 aromatic rings. The Bertz CT molecular complexity index is 625. The minimum atomic E-state index is -0.986. The summed E-state index contributed by atoms with van der Waals surface area (Å²) in [6.07, 6.45) is 2.88. The van der Waals surface area contributed by atoms with Crippen molar-refractivity contribution >= 4 is 12.0 Å². The molecule has 1 fully saturated rings. The fraction of sp³-hybridized carbons (Fsp3) is 0.556. The van der Waals surface area contributed by atoms with Gasteiger partial charge in [0.25, 0.3) is 0 Å². The number of nitrogens with zero attached hydrogens (tertiary/aromatic N) is 1. The highest BCUT2D eigenvalue weighted by atomic mass is 19.1. The van der Waals surface area contributed by atoms with E-state index >= 15 is 0 Å². The largest absolute Gasteiger partial charge is 0.481 e. The van der Waals surface area contributed by atoms with E-state index in [4.69, 9.17) is 5.11 Å². The molecule has 0 aromatic heterocycles. The predicted molar refractivity (Wildman–Crippen MR) is 89.3 cm³/mol. The Morgan fingerprint density at radius 2 is 1.84 bits per heavy atom. The lowest BCUT2D eigenvalue weighted by atomic mass is 9.78. The average Bonchev–Trinajstić information content (AvgIpc) is 3.01. The number of rotatable bonds is 6. The minimum absolute atomic E-state index is 0.0364. The number of hydrogen-bond donors (Lipinski definition) is 2. The van der Waals surface area contributed by atoms with E-state index in [-0.39, 0.29) is 18.7 Å². The second kappa shape index (κ2) is 7.80. The van der Waals surface area contributed by atoms with Crippen molar-refractivity contribution in [2.75, 3.05) is 20.1 Å². The lowest BCUT2D eigenvalue weighted by Gasteiger charge is -2.31. The van der Waals surface area contributed by atoms with Crippen LogP contribution in [0.4, 0.5) is 13.6 Å². The first kappa shape index (κ1) is 19.1. The van der Waals surface area contributed by atoms with Gasteiger partial charge in [-0.25, -0.2) is 13.6 Å². The van der Waals surface area contributed by atoms with Gasteiger partial charge in [-0.2, -0.15) is 0 Å². The molecule has 25 heavy (non-hydrogen) atoms. The maximum Gasteiger partial charge on any atom is 0.317 e. The van der Waals surface area contributed by atoms with E-state index in [1.807, 2.05) is 0 Å². The Balaban J connectivity index is 2.10. The van der Waals surface area contributed by atoms with E-state index in [0.717, 1.165) is 12.8 Å². The Hall–Kier alpha value is -2.18. The van der Waals surface area contributed by atoms with Gasteiger partial charge >= 0.3 is 12.0 Å². The first-order chi connectivity index (χ1) is 11.8. The third kappa shape index (κ3) is 4.27. The van der Waals surface area contributed by atoms with Crippen molar-refractivity contribution in [3.05, 3.63) is 35.4 Å². The maximum absolute atomic E-state index is 14.3. The lowest BCUT2D eigenvalue weighted by Crippen LogP contribution is -2.46. The van der Waals surface area contributed by atoms with Crippen LogP contribution in [0.3, 0.4) is 0 Å². The molecule has 0 bridgehead atoms. The molecule has 1 atom stereocenters. The molecule has 1 aliphatic rings. The lowest BCUT2D eigenvalue weighted by molar-refractivity contribution is -0.141. The number of carboxylic acids is 1.